The molecule has 0 aliphatic carbocycles. The molecule has 1 aromatic heterocycles. The van der Waals surface area contributed by atoms with Gasteiger partial charge in [-0.15, -0.1) is 0 Å². The standard InChI is InChI=1S/C16H19Cl2N5O/c1-11-9-19-14(21-11)10-20-16(24)23-7-5-22(6-8-23)13-4-2-3-12(17)15(13)18/h2-4,9H,5-8,10H2,1H3,(H,19,21)(H,20,24). The summed E-state index contributed by atoms with van der Waals surface area (Å²) in [6.45, 7) is 5.02. The Bertz CT molecular complexity index is 725. The third-order valence-electron chi connectivity index (χ3n) is 4.00. The Hall–Kier alpha value is -1.92. The van der Waals surface area contributed by atoms with E-state index in [0.717, 1.165) is 17.2 Å². The quantitative estimate of drug-likeness (QED) is 0.875. The molecular weight excluding hydrogens is 349 g/mol. The minimum absolute atomic E-state index is 0.0825. The fourth-order valence-corrected chi connectivity index (χ4v) is 3.13. The van der Waals surface area contributed by atoms with E-state index in [0.29, 0.717) is 42.8 Å². The van der Waals surface area contributed by atoms with Crippen molar-refractivity contribution in [2.24, 2.45) is 0 Å². The summed E-state index contributed by atoms with van der Waals surface area (Å²) in [5.74, 6) is 0.755. The van der Waals surface area contributed by atoms with Gasteiger partial charge in [-0.1, -0.05) is 29.3 Å². The van der Waals surface area contributed by atoms with E-state index >= 15 is 0 Å². The maximum Gasteiger partial charge on any atom is 0.317 e. The first kappa shape index (κ1) is 16.9. The molecule has 2 N–H and O–H groups in total. The fraction of sp³-hybridized carbons (Fsp3) is 0.375. The summed E-state index contributed by atoms with van der Waals surface area (Å²) in [7, 11) is 0. The summed E-state index contributed by atoms with van der Waals surface area (Å²) in [6.07, 6.45) is 1.75. The van der Waals surface area contributed by atoms with Gasteiger partial charge in [0.05, 0.1) is 22.3 Å². The zero-order valence-corrected chi connectivity index (χ0v) is 14.9. The van der Waals surface area contributed by atoms with Crippen LogP contribution in [0.3, 0.4) is 0 Å². The summed E-state index contributed by atoms with van der Waals surface area (Å²) in [4.78, 5) is 23.5. The van der Waals surface area contributed by atoms with Crippen LogP contribution in [0.1, 0.15) is 11.5 Å². The molecule has 2 aromatic rings. The molecule has 0 spiro atoms. The number of benzene rings is 1. The highest BCUT2D eigenvalue weighted by molar-refractivity contribution is 6.43. The highest BCUT2D eigenvalue weighted by Gasteiger charge is 2.22. The summed E-state index contributed by atoms with van der Waals surface area (Å²) >= 11 is 12.3. The Morgan fingerprint density at radius 3 is 2.71 bits per heavy atom. The van der Waals surface area contributed by atoms with Gasteiger partial charge in [0.2, 0.25) is 0 Å². The van der Waals surface area contributed by atoms with Crippen molar-refractivity contribution in [3.8, 4) is 0 Å². The van der Waals surface area contributed by atoms with Crippen LogP contribution in [0.2, 0.25) is 10.0 Å². The van der Waals surface area contributed by atoms with Gasteiger partial charge in [-0.2, -0.15) is 0 Å². The second-order valence-corrected chi connectivity index (χ2v) is 6.50. The Morgan fingerprint density at radius 2 is 2.04 bits per heavy atom. The number of H-pyrrole nitrogens is 1. The molecule has 1 fully saturated rings. The maximum absolute atomic E-state index is 12.2. The summed E-state index contributed by atoms with van der Waals surface area (Å²) in [5.41, 5.74) is 1.89. The van der Waals surface area contributed by atoms with E-state index in [-0.39, 0.29) is 6.03 Å². The third kappa shape index (κ3) is 3.76. The third-order valence-corrected chi connectivity index (χ3v) is 4.81. The van der Waals surface area contributed by atoms with Crippen molar-refractivity contribution in [1.29, 1.82) is 0 Å². The molecule has 128 valence electrons. The van der Waals surface area contributed by atoms with Crippen molar-refractivity contribution in [1.82, 2.24) is 20.2 Å². The maximum atomic E-state index is 12.2. The lowest BCUT2D eigenvalue weighted by molar-refractivity contribution is 0.193. The second-order valence-electron chi connectivity index (χ2n) is 5.72. The largest absolute Gasteiger partial charge is 0.367 e. The number of urea groups is 1. The van der Waals surface area contributed by atoms with E-state index < -0.39 is 0 Å². The van der Waals surface area contributed by atoms with Crippen molar-refractivity contribution in [3.05, 3.63) is 46.0 Å². The van der Waals surface area contributed by atoms with E-state index in [1.54, 1.807) is 17.2 Å². The molecule has 0 saturated carbocycles. The number of nitrogens with zero attached hydrogens (tertiary/aromatic N) is 3. The van der Waals surface area contributed by atoms with Crippen LogP contribution in [-0.2, 0) is 6.54 Å². The van der Waals surface area contributed by atoms with Gasteiger partial charge in [0.15, 0.2) is 0 Å². The number of amides is 2. The molecule has 1 aromatic carbocycles. The smallest absolute Gasteiger partial charge is 0.317 e. The monoisotopic (exact) mass is 367 g/mol. The topological polar surface area (TPSA) is 64.3 Å². The van der Waals surface area contributed by atoms with Crippen LogP contribution in [0.5, 0.6) is 0 Å². The number of rotatable bonds is 3. The van der Waals surface area contributed by atoms with Gasteiger partial charge < -0.3 is 20.1 Å². The normalized spacial score (nSPS) is 14.8. The number of imidazole rings is 1. The van der Waals surface area contributed by atoms with Crippen LogP contribution < -0.4 is 10.2 Å². The van der Waals surface area contributed by atoms with Crippen molar-refractivity contribution in [2.45, 2.75) is 13.5 Å². The molecular formula is C16H19Cl2N5O. The van der Waals surface area contributed by atoms with Crippen molar-refractivity contribution >= 4 is 34.9 Å². The van der Waals surface area contributed by atoms with E-state index in [1.165, 1.54) is 0 Å². The van der Waals surface area contributed by atoms with Crippen LogP contribution in [-0.4, -0.2) is 47.1 Å². The minimum Gasteiger partial charge on any atom is -0.367 e. The number of aromatic nitrogens is 2. The molecule has 0 atom stereocenters. The summed E-state index contributed by atoms with van der Waals surface area (Å²) in [5, 5.41) is 3.99. The fourth-order valence-electron chi connectivity index (χ4n) is 2.71. The van der Waals surface area contributed by atoms with E-state index in [4.69, 9.17) is 23.2 Å². The predicted molar refractivity (Wildman–Crippen MR) is 95.8 cm³/mol. The Kier molecular flexibility index (Phi) is 5.16. The SMILES string of the molecule is Cc1cnc(CNC(=O)N2CCN(c3cccc(Cl)c3Cl)CC2)[nH]1. The number of hydrogen-bond donors (Lipinski definition) is 2. The van der Waals surface area contributed by atoms with Crippen LogP contribution in [0.25, 0.3) is 0 Å². The minimum atomic E-state index is -0.0825. The second kappa shape index (κ2) is 7.32. The molecule has 24 heavy (non-hydrogen) atoms. The highest BCUT2D eigenvalue weighted by atomic mass is 35.5. The summed E-state index contributed by atoms with van der Waals surface area (Å²) < 4.78 is 0. The average Bonchev–Trinajstić information content (AvgIpc) is 3.01. The number of aryl methyl sites for hydroxylation is 1. The molecule has 1 saturated heterocycles. The molecule has 8 heteroatoms. The molecule has 0 bridgehead atoms. The van der Waals surface area contributed by atoms with Crippen LogP contribution in [0.15, 0.2) is 24.4 Å². The van der Waals surface area contributed by atoms with Gasteiger partial charge in [-0.05, 0) is 19.1 Å². The molecule has 0 radical (unpaired) electrons. The van der Waals surface area contributed by atoms with Gasteiger partial charge in [0.25, 0.3) is 0 Å². The van der Waals surface area contributed by atoms with Crippen molar-refractivity contribution < 1.29 is 4.79 Å². The Labute approximate surface area is 150 Å². The Balaban J connectivity index is 1.53. The lowest BCUT2D eigenvalue weighted by Gasteiger charge is -2.36. The Morgan fingerprint density at radius 1 is 1.29 bits per heavy atom. The first-order valence-electron chi connectivity index (χ1n) is 7.77. The van der Waals surface area contributed by atoms with Crippen LogP contribution in [0, 0.1) is 6.92 Å². The van der Waals surface area contributed by atoms with Crippen molar-refractivity contribution in [2.75, 3.05) is 31.1 Å². The average molecular weight is 368 g/mol. The number of aromatic amines is 1. The molecule has 2 heterocycles. The van der Waals surface area contributed by atoms with Gasteiger partial charge in [-0.25, -0.2) is 9.78 Å². The van der Waals surface area contributed by atoms with E-state index in [2.05, 4.69) is 20.2 Å². The zero-order chi connectivity index (χ0) is 17.1. The van der Waals surface area contributed by atoms with Crippen molar-refractivity contribution in [3.63, 3.8) is 0 Å². The first-order chi connectivity index (χ1) is 11.5. The predicted octanol–water partition coefficient (Wildman–Crippen LogP) is 3.06. The van der Waals surface area contributed by atoms with Gasteiger partial charge in [0, 0.05) is 38.1 Å². The number of carbonyl (C=O) groups excluding carboxylic acids is 1. The number of halogens is 2. The van der Waals surface area contributed by atoms with Crippen LogP contribution >= 0.6 is 23.2 Å². The first-order valence-corrected chi connectivity index (χ1v) is 8.52. The number of piperazine rings is 1. The zero-order valence-electron chi connectivity index (χ0n) is 13.4. The molecule has 6 nitrogen and oxygen atoms in total. The van der Waals surface area contributed by atoms with Gasteiger partial charge in [0.1, 0.15) is 5.82 Å². The molecule has 3 rings (SSSR count). The summed E-state index contributed by atoms with van der Waals surface area (Å²) in [6, 6.07) is 5.52. The lowest BCUT2D eigenvalue weighted by Crippen LogP contribution is -2.51. The molecule has 2 amide bonds. The van der Waals surface area contributed by atoms with E-state index in [9.17, 15) is 4.79 Å². The highest BCUT2D eigenvalue weighted by Crippen LogP contribution is 2.32. The molecule has 1 aliphatic rings. The molecule has 0 unspecified atom stereocenters. The van der Waals surface area contributed by atoms with Gasteiger partial charge >= 0.3 is 6.03 Å². The van der Waals surface area contributed by atoms with Crippen LogP contribution in [0.4, 0.5) is 10.5 Å². The lowest BCUT2D eigenvalue weighted by atomic mass is 10.2. The number of anilines is 1. The number of hydrogen-bond acceptors (Lipinski definition) is 3. The van der Waals surface area contributed by atoms with E-state index in [1.807, 2.05) is 19.1 Å². The number of nitrogens with one attached hydrogen (secondary N) is 2. The van der Waals surface area contributed by atoms with Gasteiger partial charge in [-0.3, -0.25) is 0 Å². The molecule has 1 aliphatic heterocycles. The number of carbonyl (C=O) groups is 1.